The zero-order valence-corrected chi connectivity index (χ0v) is 13.9. The number of carbonyl (C=O) groups is 1. The highest BCUT2D eigenvalue weighted by Gasteiger charge is 2.24. The van der Waals surface area contributed by atoms with Crippen molar-refractivity contribution in [1.82, 2.24) is 0 Å². The van der Waals surface area contributed by atoms with Gasteiger partial charge in [-0.15, -0.1) is 11.8 Å². The summed E-state index contributed by atoms with van der Waals surface area (Å²) in [6.45, 7) is 0. The van der Waals surface area contributed by atoms with E-state index in [1.165, 1.54) is 11.8 Å². The normalized spacial score (nSPS) is 16.0. The number of carboxylic acid groups (broad SMARTS) is 1. The smallest absolute Gasteiger partial charge is 0.304 e. The quantitative estimate of drug-likeness (QED) is 0.859. The molecule has 1 unspecified atom stereocenters. The highest BCUT2D eigenvalue weighted by molar-refractivity contribution is 8.14. The summed E-state index contributed by atoms with van der Waals surface area (Å²) in [5.74, 6) is 0.839. The molecule has 23 heavy (non-hydrogen) atoms. The number of nitrogens with zero attached hydrogens (tertiary/aromatic N) is 2. The topological polar surface area (TPSA) is 91.9 Å². The molecule has 0 saturated heterocycles. The number of nitriles is 1. The molecule has 1 heterocycles. The molecule has 0 aromatic heterocycles. The van der Waals surface area contributed by atoms with Gasteiger partial charge in [0.25, 0.3) is 0 Å². The van der Waals surface area contributed by atoms with E-state index in [1.54, 1.807) is 14.2 Å². The van der Waals surface area contributed by atoms with Crippen molar-refractivity contribution in [3.05, 3.63) is 23.3 Å². The van der Waals surface area contributed by atoms with Crippen LogP contribution < -0.4 is 9.47 Å². The van der Waals surface area contributed by atoms with E-state index >= 15 is 0 Å². The lowest BCUT2D eigenvalue weighted by atomic mass is 9.96. The zero-order valence-electron chi connectivity index (χ0n) is 13.0. The highest BCUT2D eigenvalue weighted by atomic mass is 32.2. The highest BCUT2D eigenvalue weighted by Crippen LogP contribution is 2.36. The monoisotopic (exact) mass is 334 g/mol. The maximum atomic E-state index is 10.7. The van der Waals surface area contributed by atoms with Crippen molar-refractivity contribution in [3.63, 3.8) is 0 Å². The van der Waals surface area contributed by atoms with E-state index in [2.05, 4.69) is 11.1 Å². The first-order valence-electron chi connectivity index (χ1n) is 7.13. The van der Waals surface area contributed by atoms with E-state index < -0.39 is 5.97 Å². The molecule has 1 atom stereocenters. The fourth-order valence-corrected chi connectivity index (χ4v) is 3.44. The van der Waals surface area contributed by atoms with Crippen molar-refractivity contribution in [3.8, 4) is 17.6 Å². The molecule has 1 aromatic carbocycles. The standard InChI is InChI=1S/C16H18N2O4S/c1-21-13-8-10-7-11(3-5-17)18-16(23-6-4-15(19)20)12(10)9-14(13)22-2/h8-9,11H,3-4,6-7H2,1-2H3,(H,19,20). The van der Waals surface area contributed by atoms with Gasteiger partial charge in [-0.1, -0.05) is 0 Å². The van der Waals surface area contributed by atoms with Crippen LogP contribution in [0.25, 0.3) is 0 Å². The number of ether oxygens (including phenoxy) is 2. The van der Waals surface area contributed by atoms with Crippen LogP contribution in [0.2, 0.25) is 0 Å². The van der Waals surface area contributed by atoms with E-state index in [1.807, 2.05) is 12.1 Å². The maximum absolute atomic E-state index is 10.7. The van der Waals surface area contributed by atoms with Crippen LogP contribution in [0.3, 0.4) is 0 Å². The van der Waals surface area contributed by atoms with Crippen LogP contribution in [0.5, 0.6) is 11.5 Å². The SMILES string of the molecule is COc1cc2c(cc1OC)C(SCCC(=O)O)=NC(CC#N)C2. The molecule has 0 saturated carbocycles. The summed E-state index contributed by atoms with van der Waals surface area (Å²) in [6, 6.07) is 5.81. The molecular formula is C16H18N2O4S. The van der Waals surface area contributed by atoms with Gasteiger partial charge >= 0.3 is 5.97 Å². The predicted molar refractivity (Wildman–Crippen MR) is 88.5 cm³/mol. The van der Waals surface area contributed by atoms with Crippen molar-refractivity contribution in [1.29, 1.82) is 5.26 Å². The van der Waals surface area contributed by atoms with Crippen LogP contribution in [0, 0.1) is 11.3 Å². The minimum Gasteiger partial charge on any atom is -0.493 e. The number of rotatable bonds is 6. The third-order valence-electron chi connectivity index (χ3n) is 3.48. The first kappa shape index (κ1) is 17.2. The molecule has 2 rings (SSSR count). The number of benzene rings is 1. The Bertz CT molecular complexity index is 667. The average molecular weight is 334 g/mol. The van der Waals surface area contributed by atoms with E-state index in [0.717, 1.165) is 16.2 Å². The number of aliphatic carboxylic acids is 1. The number of fused-ring (bicyclic) bond motifs is 1. The van der Waals surface area contributed by atoms with E-state index in [4.69, 9.17) is 19.8 Å². The Balaban J connectivity index is 2.34. The van der Waals surface area contributed by atoms with Crippen molar-refractivity contribution in [2.24, 2.45) is 4.99 Å². The molecule has 1 aromatic rings. The Labute approximate surface area is 139 Å². The van der Waals surface area contributed by atoms with Crippen LogP contribution in [-0.2, 0) is 11.2 Å². The van der Waals surface area contributed by atoms with Crippen molar-refractivity contribution >= 4 is 22.8 Å². The van der Waals surface area contributed by atoms with Crippen molar-refractivity contribution in [2.75, 3.05) is 20.0 Å². The van der Waals surface area contributed by atoms with Crippen LogP contribution in [-0.4, -0.2) is 42.1 Å². The van der Waals surface area contributed by atoms with E-state index in [-0.39, 0.29) is 12.5 Å². The zero-order chi connectivity index (χ0) is 16.8. The molecule has 1 N–H and O–H groups in total. The van der Waals surface area contributed by atoms with E-state index in [0.29, 0.717) is 30.1 Å². The van der Waals surface area contributed by atoms with Crippen molar-refractivity contribution < 1.29 is 19.4 Å². The van der Waals surface area contributed by atoms with Gasteiger partial charge in [-0.05, 0) is 24.1 Å². The summed E-state index contributed by atoms with van der Waals surface area (Å²) >= 11 is 1.39. The summed E-state index contributed by atoms with van der Waals surface area (Å²) in [6.07, 6.45) is 1.05. The fourth-order valence-electron chi connectivity index (χ4n) is 2.40. The number of carboxylic acids is 1. The fraction of sp³-hybridized carbons (Fsp3) is 0.438. The van der Waals surface area contributed by atoms with Gasteiger partial charge in [-0.3, -0.25) is 9.79 Å². The van der Waals surface area contributed by atoms with E-state index in [9.17, 15) is 4.79 Å². The second-order valence-corrected chi connectivity index (χ2v) is 6.09. The van der Waals surface area contributed by atoms with Gasteiger partial charge in [0, 0.05) is 11.3 Å². The summed E-state index contributed by atoms with van der Waals surface area (Å²) in [4.78, 5) is 15.3. The molecular weight excluding hydrogens is 316 g/mol. The molecule has 6 nitrogen and oxygen atoms in total. The minimum absolute atomic E-state index is 0.0647. The Morgan fingerprint density at radius 3 is 2.74 bits per heavy atom. The van der Waals surface area contributed by atoms with Gasteiger partial charge in [0.05, 0.1) is 44.2 Å². The first-order valence-corrected chi connectivity index (χ1v) is 8.12. The lowest BCUT2D eigenvalue weighted by Gasteiger charge is -2.23. The molecule has 0 bridgehead atoms. The molecule has 1 aliphatic rings. The minimum atomic E-state index is -0.838. The van der Waals surface area contributed by atoms with Gasteiger partial charge in [-0.2, -0.15) is 5.26 Å². The summed E-state index contributed by atoms with van der Waals surface area (Å²) in [5, 5.41) is 18.5. The number of thioether (sulfide) groups is 1. The Hall–Kier alpha value is -2.20. The van der Waals surface area contributed by atoms with Gasteiger partial charge in [0.15, 0.2) is 11.5 Å². The number of methoxy groups -OCH3 is 2. The second-order valence-electron chi connectivity index (χ2n) is 5.01. The molecule has 122 valence electrons. The molecule has 0 radical (unpaired) electrons. The van der Waals surface area contributed by atoms with Gasteiger partial charge < -0.3 is 14.6 Å². The summed E-state index contributed by atoms with van der Waals surface area (Å²) in [5.41, 5.74) is 1.96. The van der Waals surface area contributed by atoms with Crippen LogP contribution in [0.4, 0.5) is 0 Å². The number of hydrogen-bond donors (Lipinski definition) is 1. The molecule has 1 aliphatic heterocycles. The van der Waals surface area contributed by atoms with Gasteiger partial charge in [0.2, 0.25) is 0 Å². The molecule has 0 amide bonds. The van der Waals surface area contributed by atoms with Crippen LogP contribution in [0.1, 0.15) is 24.0 Å². The van der Waals surface area contributed by atoms with Crippen LogP contribution >= 0.6 is 11.8 Å². The Kier molecular flexibility index (Phi) is 5.88. The predicted octanol–water partition coefficient (Wildman–Crippen LogP) is 2.50. The van der Waals surface area contributed by atoms with Gasteiger partial charge in [-0.25, -0.2) is 0 Å². The average Bonchev–Trinajstić information content (AvgIpc) is 2.53. The molecule has 0 fully saturated rings. The Morgan fingerprint density at radius 1 is 1.43 bits per heavy atom. The Morgan fingerprint density at radius 2 is 2.13 bits per heavy atom. The largest absolute Gasteiger partial charge is 0.493 e. The van der Waals surface area contributed by atoms with Crippen molar-refractivity contribution in [2.45, 2.75) is 25.3 Å². The first-order chi connectivity index (χ1) is 11.1. The lowest BCUT2D eigenvalue weighted by Crippen LogP contribution is -2.20. The number of aliphatic imine (C=N–C) groups is 1. The third kappa shape index (κ3) is 4.17. The second kappa shape index (κ2) is 7.88. The molecule has 7 heteroatoms. The summed E-state index contributed by atoms with van der Waals surface area (Å²) in [7, 11) is 3.15. The third-order valence-corrected chi connectivity index (χ3v) is 4.48. The van der Waals surface area contributed by atoms with Gasteiger partial charge in [0.1, 0.15) is 0 Å². The summed E-state index contributed by atoms with van der Waals surface area (Å²) < 4.78 is 10.7. The van der Waals surface area contributed by atoms with Crippen LogP contribution in [0.15, 0.2) is 17.1 Å². The molecule has 0 aliphatic carbocycles. The molecule has 0 spiro atoms. The maximum Gasteiger partial charge on any atom is 0.304 e. The number of hydrogen-bond acceptors (Lipinski definition) is 6. The lowest BCUT2D eigenvalue weighted by molar-refractivity contribution is -0.136.